The standard InChI is InChI=1S/C25H31F4N3O3S/c1-4-17-9-11-31(12-10-17)23-14-20(25(27,28)29)7-5-19(23)15-32(36(3,34)35)22-8-6-18(13-21(22)26)16(2)24(30)33/h5-8,13-14,16-17H,4,9-12,15H2,1-3H3,(H2,30,33). The van der Waals surface area contributed by atoms with Gasteiger partial charge >= 0.3 is 6.18 Å². The van der Waals surface area contributed by atoms with Crippen molar-refractivity contribution in [3.05, 3.63) is 58.9 Å². The van der Waals surface area contributed by atoms with Crippen LogP contribution in [-0.2, 0) is 27.5 Å². The molecule has 1 heterocycles. The summed E-state index contributed by atoms with van der Waals surface area (Å²) in [5, 5.41) is 0. The van der Waals surface area contributed by atoms with E-state index < -0.39 is 39.4 Å². The second kappa shape index (κ2) is 10.7. The van der Waals surface area contributed by atoms with E-state index in [1.54, 1.807) is 0 Å². The molecule has 2 aromatic rings. The average molecular weight is 530 g/mol. The maximum Gasteiger partial charge on any atom is 0.416 e. The van der Waals surface area contributed by atoms with Gasteiger partial charge in [0.25, 0.3) is 0 Å². The molecule has 6 nitrogen and oxygen atoms in total. The van der Waals surface area contributed by atoms with Crippen molar-refractivity contribution in [3.8, 4) is 0 Å². The summed E-state index contributed by atoms with van der Waals surface area (Å²) in [5.41, 5.74) is 5.08. The van der Waals surface area contributed by atoms with E-state index in [-0.39, 0.29) is 23.5 Å². The van der Waals surface area contributed by atoms with Gasteiger partial charge in [0, 0.05) is 18.8 Å². The highest BCUT2D eigenvalue weighted by Gasteiger charge is 2.33. The number of benzene rings is 2. The van der Waals surface area contributed by atoms with E-state index in [4.69, 9.17) is 5.73 Å². The van der Waals surface area contributed by atoms with Crippen molar-refractivity contribution in [2.24, 2.45) is 11.7 Å². The summed E-state index contributed by atoms with van der Waals surface area (Å²) < 4.78 is 81.8. The molecule has 198 valence electrons. The first-order valence-electron chi connectivity index (χ1n) is 11.7. The van der Waals surface area contributed by atoms with Crippen molar-refractivity contribution in [3.63, 3.8) is 0 Å². The van der Waals surface area contributed by atoms with Gasteiger partial charge in [-0.1, -0.05) is 25.5 Å². The number of amides is 1. The fourth-order valence-electron chi connectivity index (χ4n) is 4.45. The van der Waals surface area contributed by atoms with E-state index in [1.807, 2.05) is 4.90 Å². The summed E-state index contributed by atoms with van der Waals surface area (Å²) in [6, 6.07) is 6.90. The number of piperidine rings is 1. The Bertz CT molecular complexity index is 1210. The first-order valence-corrected chi connectivity index (χ1v) is 13.6. The molecule has 0 bridgehead atoms. The number of halogens is 4. The summed E-state index contributed by atoms with van der Waals surface area (Å²) in [6.45, 7) is 4.30. The second-order valence-electron chi connectivity index (χ2n) is 9.28. The Labute approximate surface area is 209 Å². The number of nitrogens with two attached hydrogens (primary N) is 1. The summed E-state index contributed by atoms with van der Waals surface area (Å²) in [6.07, 6.45) is -1.05. The molecule has 11 heteroatoms. The van der Waals surface area contributed by atoms with Gasteiger partial charge in [-0.15, -0.1) is 0 Å². The van der Waals surface area contributed by atoms with Gasteiger partial charge in [0.05, 0.1) is 30.0 Å². The fraction of sp³-hybridized carbons (Fsp3) is 0.480. The monoisotopic (exact) mass is 529 g/mol. The summed E-state index contributed by atoms with van der Waals surface area (Å²) >= 11 is 0. The third kappa shape index (κ3) is 6.29. The molecule has 0 aromatic heterocycles. The molecule has 0 spiro atoms. The van der Waals surface area contributed by atoms with Crippen molar-refractivity contribution in [2.45, 2.75) is 51.7 Å². The maximum absolute atomic E-state index is 15.1. The zero-order valence-corrected chi connectivity index (χ0v) is 21.3. The minimum atomic E-state index is -4.56. The van der Waals surface area contributed by atoms with Crippen LogP contribution in [0.15, 0.2) is 36.4 Å². The van der Waals surface area contributed by atoms with Crippen LogP contribution in [-0.4, -0.2) is 33.7 Å². The lowest BCUT2D eigenvalue weighted by Crippen LogP contribution is -2.36. The van der Waals surface area contributed by atoms with Gasteiger partial charge in [-0.05, 0) is 61.1 Å². The molecule has 3 rings (SSSR count). The SMILES string of the molecule is CCC1CCN(c2cc(C(F)(F)F)ccc2CN(c2ccc(C(C)C(N)=O)cc2F)S(C)(=O)=O)CC1. The van der Waals surface area contributed by atoms with Crippen molar-refractivity contribution in [1.29, 1.82) is 0 Å². The van der Waals surface area contributed by atoms with Crippen LogP contribution in [0.5, 0.6) is 0 Å². The lowest BCUT2D eigenvalue weighted by molar-refractivity contribution is -0.137. The molecule has 36 heavy (non-hydrogen) atoms. The van der Waals surface area contributed by atoms with Crippen LogP contribution in [0.1, 0.15) is 55.7 Å². The smallest absolute Gasteiger partial charge is 0.371 e. The topological polar surface area (TPSA) is 83.7 Å². The molecule has 1 amide bonds. The predicted octanol–water partition coefficient (Wildman–Crippen LogP) is 5.03. The van der Waals surface area contributed by atoms with Crippen LogP contribution in [0.25, 0.3) is 0 Å². The molecule has 1 saturated heterocycles. The third-order valence-corrected chi connectivity index (χ3v) is 7.95. The molecule has 0 radical (unpaired) electrons. The Morgan fingerprint density at radius 2 is 1.81 bits per heavy atom. The van der Waals surface area contributed by atoms with Gasteiger partial charge in [-0.2, -0.15) is 13.2 Å². The largest absolute Gasteiger partial charge is 0.416 e. The number of carbonyl (C=O) groups excluding carboxylic acids is 1. The van der Waals surface area contributed by atoms with Gasteiger partial charge in [0.2, 0.25) is 15.9 Å². The Balaban J connectivity index is 2.04. The molecule has 1 aliphatic heterocycles. The molecule has 0 aliphatic carbocycles. The van der Waals surface area contributed by atoms with Crippen molar-refractivity contribution < 1.29 is 30.8 Å². The highest BCUT2D eigenvalue weighted by Crippen LogP contribution is 2.37. The van der Waals surface area contributed by atoms with E-state index in [1.165, 1.54) is 25.1 Å². The number of anilines is 2. The van der Waals surface area contributed by atoms with Crippen molar-refractivity contribution in [2.75, 3.05) is 28.6 Å². The Kier molecular flexibility index (Phi) is 8.22. The molecule has 1 atom stereocenters. The molecule has 1 unspecified atom stereocenters. The van der Waals surface area contributed by atoms with Crippen molar-refractivity contribution in [1.82, 2.24) is 0 Å². The van der Waals surface area contributed by atoms with Crippen LogP contribution >= 0.6 is 0 Å². The normalized spacial score (nSPS) is 16.1. The third-order valence-electron chi connectivity index (χ3n) is 6.83. The zero-order chi connectivity index (χ0) is 26.8. The fourth-order valence-corrected chi connectivity index (χ4v) is 5.32. The predicted molar refractivity (Wildman–Crippen MR) is 132 cm³/mol. The molecular formula is C25H31F4N3O3S. The molecule has 1 aliphatic rings. The Morgan fingerprint density at radius 3 is 2.31 bits per heavy atom. The van der Waals surface area contributed by atoms with Crippen LogP contribution in [0.3, 0.4) is 0 Å². The first kappa shape index (κ1) is 27.8. The molecule has 2 N–H and O–H groups in total. The van der Waals surface area contributed by atoms with E-state index in [2.05, 4.69) is 6.92 Å². The number of nitrogens with zero attached hydrogens (tertiary/aromatic N) is 2. The lowest BCUT2D eigenvalue weighted by Gasteiger charge is -2.35. The lowest BCUT2D eigenvalue weighted by atomic mass is 9.93. The summed E-state index contributed by atoms with van der Waals surface area (Å²) in [7, 11) is -4.03. The highest BCUT2D eigenvalue weighted by molar-refractivity contribution is 7.92. The minimum absolute atomic E-state index is 0.270. The highest BCUT2D eigenvalue weighted by atomic mass is 32.2. The van der Waals surface area contributed by atoms with Crippen molar-refractivity contribution >= 4 is 27.3 Å². The first-order chi connectivity index (χ1) is 16.7. The number of primary amides is 1. The van der Waals surface area contributed by atoms with Gasteiger partial charge in [-0.25, -0.2) is 12.8 Å². The van der Waals surface area contributed by atoms with Gasteiger partial charge < -0.3 is 10.6 Å². The van der Waals surface area contributed by atoms with Crippen LogP contribution in [0, 0.1) is 11.7 Å². The zero-order valence-electron chi connectivity index (χ0n) is 20.5. The number of rotatable bonds is 8. The quantitative estimate of drug-likeness (QED) is 0.487. The molecule has 2 aromatic carbocycles. The maximum atomic E-state index is 15.1. The van der Waals surface area contributed by atoms with E-state index in [9.17, 15) is 26.4 Å². The van der Waals surface area contributed by atoms with Gasteiger partial charge in [0.15, 0.2) is 0 Å². The van der Waals surface area contributed by atoms with Crippen LogP contribution in [0.4, 0.5) is 28.9 Å². The van der Waals surface area contributed by atoms with Crippen LogP contribution in [0.2, 0.25) is 0 Å². The van der Waals surface area contributed by atoms with E-state index >= 15 is 4.39 Å². The number of alkyl halides is 3. The second-order valence-corrected chi connectivity index (χ2v) is 11.2. The number of hydrogen-bond acceptors (Lipinski definition) is 4. The van der Waals surface area contributed by atoms with E-state index in [0.29, 0.717) is 24.6 Å². The Morgan fingerprint density at radius 1 is 1.17 bits per heavy atom. The molecule has 0 saturated carbocycles. The Hall–Kier alpha value is -2.82. The number of sulfonamides is 1. The van der Waals surface area contributed by atoms with Gasteiger partial charge in [-0.3, -0.25) is 9.10 Å². The molecular weight excluding hydrogens is 498 g/mol. The number of carbonyl (C=O) groups is 1. The summed E-state index contributed by atoms with van der Waals surface area (Å²) in [4.78, 5) is 13.3. The van der Waals surface area contributed by atoms with E-state index in [0.717, 1.165) is 48.0 Å². The van der Waals surface area contributed by atoms with Crippen LogP contribution < -0.4 is 14.9 Å². The molecule has 1 fully saturated rings. The average Bonchev–Trinajstić information content (AvgIpc) is 2.81. The minimum Gasteiger partial charge on any atom is -0.371 e. The number of hydrogen-bond donors (Lipinski definition) is 1. The van der Waals surface area contributed by atoms with Gasteiger partial charge in [0.1, 0.15) is 5.82 Å². The summed E-state index contributed by atoms with van der Waals surface area (Å²) in [5.74, 6) is -1.85.